The number of hydrogen-bond donors (Lipinski definition) is 1. The Hall–Kier alpha value is -1.42. The summed E-state index contributed by atoms with van der Waals surface area (Å²) in [5.41, 5.74) is 1.16. The third-order valence-corrected chi connectivity index (χ3v) is 4.10. The summed E-state index contributed by atoms with van der Waals surface area (Å²) in [6.45, 7) is 7.65. The molecule has 1 heterocycles. The molecule has 2 unspecified atom stereocenters. The molecule has 2 atom stereocenters. The number of methoxy groups -OCH3 is 2. The zero-order chi connectivity index (χ0) is 14.5. The molecule has 1 aromatic carbocycles. The van der Waals surface area contributed by atoms with Gasteiger partial charge in [-0.1, -0.05) is 13.8 Å². The minimum Gasteiger partial charge on any atom is -0.497 e. The highest BCUT2D eigenvalue weighted by Crippen LogP contribution is 2.34. The van der Waals surface area contributed by atoms with E-state index in [4.69, 9.17) is 9.47 Å². The zero-order valence-electron chi connectivity index (χ0n) is 13.0. The molecule has 20 heavy (non-hydrogen) atoms. The predicted molar refractivity (Wildman–Crippen MR) is 83.0 cm³/mol. The van der Waals surface area contributed by atoms with Crippen LogP contribution in [0.3, 0.4) is 0 Å². The highest BCUT2D eigenvalue weighted by Gasteiger charge is 2.26. The summed E-state index contributed by atoms with van der Waals surface area (Å²) in [5, 5.41) is 3.58. The Kier molecular flexibility index (Phi) is 5.12. The van der Waals surface area contributed by atoms with E-state index in [0.717, 1.165) is 36.8 Å². The minimum absolute atomic E-state index is 0.625. The van der Waals surface area contributed by atoms with Crippen LogP contribution in [0.25, 0.3) is 0 Å². The lowest BCUT2D eigenvalue weighted by Crippen LogP contribution is -2.48. The van der Waals surface area contributed by atoms with Crippen molar-refractivity contribution < 1.29 is 9.47 Å². The molecule has 0 bridgehead atoms. The molecule has 1 aliphatic rings. The van der Waals surface area contributed by atoms with Gasteiger partial charge in [0.1, 0.15) is 11.5 Å². The number of ether oxygens (including phenoxy) is 2. The Morgan fingerprint density at radius 2 is 2.10 bits per heavy atom. The van der Waals surface area contributed by atoms with Gasteiger partial charge in [0.15, 0.2) is 0 Å². The van der Waals surface area contributed by atoms with Gasteiger partial charge in [-0.3, -0.25) is 0 Å². The number of piperidine rings is 1. The third kappa shape index (κ3) is 3.18. The van der Waals surface area contributed by atoms with Gasteiger partial charge in [-0.15, -0.1) is 0 Å². The Labute approximate surface area is 122 Å². The van der Waals surface area contributed by atoms with E-state index in [0.29, 0.717) is 12.0 Å². The van der Waals surface area contributed by atoms with Crippen molar-refractivity contribution >= 4 is 5.69 Å². The maximum Gasteiger partial charge on any atom is 0.145 e. The SMILES string of the molecule is CCNC1CCN(c2ccc(OC)cc2OC)CC1C. The Morgan fingerprint density at radius 3 is 2.70 bits per heavy atom. The molecule has 0 aromatic heterocycles. The van der Waals surface area contributed by atoms with Crippen LogP contribution in [0.5, 0.6) is 11.5 Å². The zero-order valence-corrected chi connectivity index (χ0v) is 13.0. The second kappa shape index (κ2) is 6.84. The summed E-state index contributed by atoms with van der Waals surface area (Å²) in [4.78, 5) is 2.41. The summed E-state index contributed by atoms with van der Waals surface area (Å²) < 4.78 is 10.8. The van der Waals surface area contributed by atoms with Crippen molar-refractivity contribution in [2.24, 2.45) is 5.92 Å². The first kappa shape index (κ1) is 15.0. The van der Waals surface area contributed by atoms with Crippen LogP contribution in [0.1, 0.15) is 20.3 Å². The average molecular weight is 278 g/mol. The maximum atomic E-state index is 5.51. The fourth-order valence-electron chi connectivity index (χ4n) is 2.98. The van der Waals surface area contributed by atoms with E-state index >= 15 is 0 Å². The normalized spacial score (nSPS) is 22.7. The number of nitrogens with one attached hydrogen (secondary N) is 1. The summed E-state index contributed by atoms with van der Waals surface area (Å²) >= 11 is 0. The van der Waals surface area contributed by atoms with Crippen LogP contribution in [0.2, 0.25) is 0 Å². The third-order valence-electron chi connectivity index (χ3n) is 4.10. The van der Waals surface area contributed by atoms with Crippen molar-refractivity contribution in [1.82, 2.24) is 5.32 Å². The molecule has 0 saturated carbocycles. The molecule has 1 saturated heterocycles. The lowest BCUT2D eigenvalue weighted by atomic mass is 9.93. The number of nitrogens with zero attached hydrogens (tertiary/aromatic N) is 1. The molecule has 0 amide bonds. The van der Waals surface area contributed by atoms with Crippen LogP contribution in [0, 0.1) is 5.92 Å². The molecular weight excluding hydrogens is 252 g/mol. The van der Waals surface area contributed by atoms with Crippen LogP contribution >= 0.6 is 0 Å². The fourth-order valence-corrected chi connectivity index (χ4v) is 2.98. The number of anilines is 1. The highest BCUT2D eigenvalue weighted by molar-refractivity contribution is 5.61. The van der Waals surface area contributed by atoms with Crippen molar-refractivity contribution in [1.29, 1.82) is 0 Å². The quantitative estimate of drug-likeness (QED) is 0.897. The van der Waals surface area contributed by atoms with Gasteiger partial charge in [0, 0.05) is 25.2 Å². The van der Waals surface area contributed by atoms with Crippen LogP contribution in [0.15, 0.2) is 18.2 Å². The molecule has 0 spiro atoms. The first-order chi connectivity index (χ1) is 9.69. The van der Waals surface area contributed by atoms with E-state index in [1.165, 1.54) is 6.42 Å². The molecule has 0 aliphatic carbocycles. The average Bonchev–Trinajstić information content (AvgIpc) is 2.48. The minimum atomic E-state index is 0.625. The fraction of sp³-hybridized carbons (Fsp3) is 0.625. The molecular formula is C16H26N2O2. The standard InChI is InChI=1S/C16H26N2O2/c1-5-17-14-8-9-18(11-12(14)2)15-7-6-13(19-3)10-16(15)20-4/h6-7,10,12,14,17H,5,8-9,11H2,1-4H3. The molecule has 1 aliphatic heterocycles. The smallest absolute Gasteiger partial charge is 0.145 e. The van der Waals surface area contributed by atoms with Crippen molar-refractivity contribution in [2.75, 3.05) is 38.8 Å². The largest absolute Gasteiger partial charge is 0.497 e. The molecule has 1 aromatic rings. The molecule has 4 heteroatoms. The van der Waals surface area contributed by atoms with Gasteiger partial charge in [0.05, 0.1) is 19.9 Å². The van der Waals surface area contributed by atoms with Gasteiger partial charge in [0.2, 0.25) is 0 Å². The predicted octanol–water partition coefficient (Wildman–Crippen LogP) is 2.53. The number of hydrogen-bond acceptors (Lipinski definition) is 4. The molecule has 4 nitrogen and oxygen atoms in total. The molecule has 2 rings (SSSR count). The first-order valence-electron chi connectivity index (χ1n) is 7.40. The van der Waals surface area contributed by atoms with Gasteiger partial charge in [-0.25, -0.2) is 0 Å². The van der Waals surface area contributed by atoms with Gasteiger partial charge >= 0.3 is 0 Å². The summed E-state index contributed by atoms with van der Waals surface area (Å²) in [6.07, 6.45) is 1.17. The van der Waals surface area contributed by atoms with E-state index in [1.807, 2.05) is 12.1 Å². The monoisotopic (exact) mass is 278 g/mol. The van der Waals surface area contributed by atoms with E-state index in [9.17, 15) is 0 Å². The van der Waals surface area contributed by atoms with E-state index in [2.05, 4.69) is 30.1 Å². The molecule has 0 radical (unpaired) electrons. The topological polar surface area (TPSA) is 33.7 Å². The summed E-state index contributed by atoms with van der Waals surface area (Å²) in [7, 11) is 3.39. The lowest BCUT2D eigenvalue weighted by Gasteiger charge is -2.39. The molecule has 1 N–H and O–H groups in total. The van der Waals surface area contributed by atoms with Crippen molar-refractivity contribution in [3.05, 3.63) is 18.2 Å². The van der Waals surface area contributed by atoms with E-state index in [1.54, 1.807) is 14.2 Å². The van der Waals surface area contributed by atoms with Crippen LogP contribution in [-0.4, -0.2) is 39.9 Å². The van der Waals surface area contributed by atoms with E-state index < -0.39 is 0 Å². The van der Waals surface area contributed by atoms with Crippen molar-refractivity contribution in [3.63, 3.8) is 0 Å². The van der Waals surface area contributed by atoms with Crippen molar-refractivity contribution in [2.45, 2.75) is 26.3 Å². The lowest BCUT2D eigenvalue weighted by molar-refractivity contribution is 0.324. The Balaban J connectivity index is 2.13. The highest BCUT2D eigenvalue weighted by atomic mass is 16.5. The Bertz CT molecular complexity index is 436. The van der Waals surface area contributed by atoms with Gasteiger partial charge in [-0.05, 0) is 31.0 Å². The van der Waals surface area contributed by atoms with Crippen molar-refractivity contribution in [3.8, 4) is 11.5 Å². The number of benzene rings is 1. The van der Waals surface area contributed by atoms with E-state index in [-0.39, 0.29) is 0 Å². The summed E-state index contributed by atoms with van der Waals surface area (Å²) in [6, 6.07) is 6.67. The van der Waals surface area contributed by atoms with Crippen LogP contribution in [-0.2, 0) is 0 Å². The molecule has 112 valence electrons. The maximum absolute atomic E-state index is 5.51. The number of rotatable bonds is 5. The first-order valence-corrected chi connectivity index (χ1v) is 7.40. The second-order valence-corrected chi connectivity index (χ2v) is 5.41. The van der Waals surface area contributed by atoms with Gasteiger partial charge in [0.25, 0.3) is 0 Å². The van der Waals surface area contributed by atoms with Crippen LogP contribution < -0.4 is 19.7 Å². The van der Waals surface area contributed by atoms with Gasteiger partial charge < -0.3 is 19.7 Å². The second-order valence-electron chi connectivity index (χ2n) is 5.41. The Morgan fingerprint density at radius 1 is 1.30 bits per heavy atom. The van der Waals surface area contributed by atoms with Crippen LogP contribution in [0.4, 0.5) is 5.69 Å². The summed E-state index contributed by atoms with van der Waals surface area (Å²) in [5.74, 6) is 2.36. The molecule has 1 fully saturated rings. The van der Waals surface area contributed by atoms with Gasteiger partial charge in [-0.2, -0.15) is 0 Å².